The van der Waals surface area contributed by atoms with E-state index in [1.54, 1.807) is 0 Å². The Morgan fingerprint density at radius 3 is 2.16 bits per heavy atom. The van der Waals surface area contributed by atoms with Crippen LogP contribution in [0.5, 0.6) is 0 Å². The second-order valence-electron chi connectivity index (χ2n) is 4.14. The molecule has 0 unspecified atom stereocenters. The quantitative estimate of drug-likeness (QED) is 0.300. The molecule has 0 heterocycles. The second kappa shape index (κ2) is 10.6. The van der Waals surface area contributed by atoms with Gasteiger partial charge >= 0.3 is 51.9 Å². The Bertz CT molecular complexity index is 377. The van der Waals surface area contributed by atoms with Crippen molar-refractivity contribution in [1.29, 1.82) is 0 Å². The van der Waals surface area contributed by atoms with Gasteiger partial charge in [-0.3, -0.25) is 14.1 Å². The standard InChI is InChI=1S/C10H18O7S.Na.H/c1-8(2)4-3-7-16-9(11)5-6-10(12)17-18(13,14)15;;/h8H,3-7H2,1-2H3,(H,13,14,15);;. The van der Waals surface area contributed by atoms with Crippen LogP contribution in [0.3, 0.4) is 0 Å². The number of hydrogen-bond donors (Lipinski definition) is 1. The van der Waals surface area contributed by atoms with Crippen LogP contribution in [0.2, 0.25) is 0 Å². The summed E-state index contributed by atoms with van der Waals surface area (Å²) in [5, 5.41) is 0. The molecule has 0 aromatic carbocycles. The first-order valence-corrected chi connectivity index (χ1v) is 6.92. The Morgan fingerprint density at radius 1 is 1.16 bits per heavy atom. The van der Waals surface area contributed by atoms with Crippen LogP contribution in [-0.2, 0) is 28.9 Å². The third-order valence-corrected chi connectivity index (χ3v) is 2.32. The number of hydrogen-bond acceptors (Lipinski definition) is 6. The van der Waals surface area contributed by atoms with Gasteiger partial charge in [0.1, 0.15) is 0 Å². The molecule has 0 radical (unpaired) electrons. The van der Waals surface area contributed by atoms with Crippen LogP contribution in [0.25, 0.3) is 0 Å². The molecule has 19 heavy (non-hydrogen) atoms. The molecule has 0 spiro atoms. The molecule has 0 saturated heterocycles. The zero-order valence-corrected chi connectivity index (χ0v) is 11.2. The van der Waals surface area contributed by atoms with Gasteiger partial charge in [-0.05, 0) is 18.8 Å². The summed E-state index contributed by atoms with van der Waals surface area (Å²) in [6.07, 6.45) is 0.926. The molecule has 7 nitrogen and oxygen atoms in total. The van der Waals surface area contributed by atoms with E-state index in [4.69, 9.17) is 9.29 Å². The maximum absolute atomic E-state index is 11.1. The van der Waals surface area contributed by atoms with E-state index in [2.05, 4.69) is 4.18 Å². The fourth-order valence-corrected chi connectivity index (χ4v) is 1.43. The summed E-state index contributed by atoms with van der Waals surface area (Å²) in [5.41, 5.74) is 0. The summed E-state index contributed by atoms with van der Waals surface area (Å²) in [6.45, 7) is 4.37. The van der Waals surface area contributed by atoms with Gasteiger partial charge in [0.2, 0.25) is 0 Å². The third-order valence-electron chi connectivity index (χ3n) is 1.92. The molecule has 0 aromatic heterocycles. The Morgan fingerprint density at radius 2 is 1.68 bits per heavy atom. The van der Waals surface area contributed by atoms with Gasteiger partial charge in [0, 0.05) is 0 Å². The monoisotopic (exact) mass is 306 g/mol. The van der Waals surface area contributed by atoms with Crippen molar-refractivity contribution < 1.29 is 31.5 Å². The van der Waals surface area contributed by atoms with Gasteiger partial charge in [0.25, 0.3) is 0 Å². The molecule has 0 fully saturated rings. The van der Waals surface area contributed by atoms with Crippen molar-refractivity contribution in [2.75, 3.05) is 6.61 Å². The molecule has 0 saturated carbocycles. The van der Waals surface area contributed by atoms with E-state index in [-0.39, 0.29) is 42.6 Å². The second-order valence-corrected chi connectivity index (χ2v) is 5.16. The summed E-state index contributed by atoms with van der Waals surface area (Å²) >= 11 is 0. The van der Waals surface area contributed by atoms with Gasteiger partial charge in [-0.15, -0.1) is 0 Å². The minimum absolute atomic E-state index is 0. The summed E-state index contributed by atoms with van der Waals surface area (Å²) in [5.74, 6) is -1.28. The first-order valence-electron chi connectivity index (χ1n) is 5.56. The Kier molecular flexibility index (Phi) is 11.8. The van der Waals surface area contributed by atoms with Gasteiger partial charge in [-0.25, -0.2) is 0 Å². The van der Waals surface area contributed by atoms with Crippen LogP contribution in [0.15, 0.2) is 0 Å². The summed E-state index contributed by atoms with van der Waals surface area (Å²) in [4.78, 5) is 21.9. The van der Waals surface area contributed by atoms with Crippen molar-refractivity contribution in [3.05, 3.63) is 0 Å². The average molecular weight is 306 g/mol. The Balaban J connectivity index is 0. The number of carbonyl (C=O) groups is 2. The first-order chi connectivity index (χ1) is 8.20. The molecule has 0 bridgehead atoms. The van der Waals surface area contributed by atoms with Gasteiger partial charge in [-0.2, -0.15) is 8.42 Å². The third kappa shape index (κ3) is 15.8. The van der Waals surface area contributed by atoms with E-state index in [1.807, 2.05) is 13.8 Å². The zero-order valence-electron chi connectivity index (χ0n) is 10.4. The van der Waals surface area contributed by atoms with Gasteiger partial charge in [0.05, 0.1) is 19.4 Å². The molecule has 0 aromatic rings. The molecule has 9 heteroatoms. The fraction of sp³-hybridized carbons (Fsp3) is 0.800. The normalized spacial score (nSPS) is 10.7. The van der Waals surface area contributed by atoms with E-state index in [0.29, 0.717) is 5.92 Å². The van der Waals surface area contributed by atoms with E-state index in [0.717, 1.165) is 12.8 Å². The molecule has 0 atom stereocenters. The van der Waals surface area contributed by atoms with Crippen molar-refractivity contribution in [3.63, 3.8) is 0 Å². The number of rotatable bonds is 8. The summed E-state index contributed by atoms with van der Waals surface area (Å²) in [6, 6.07) is 0. The van der Waals surface area contributed by atoms with Gasteiger partial charge in [0.15, 0.2) is 0 Å². The Labute approximate surface area is 135 Å². The van der Waals surface area contributed by atoms with Crippen molar-refractivity contribution in [2.45, 2.75) is 39.5 Å². The van der Waals surface area contributed by atoms with E-state index >= 15 is 0 Å². The number of carbonyl (C=O) groups excluding carboxylic acids is 2. The van der Waals surface area contributed by atoms with Crippen molar-refractivity contribution in [2.24, 2.45) is 5.92 Å². The molecule has 1 N–H and O–H groups in total. The summed E-state index contributed by atoms with van der Waals surface area (Å²) in [7, 11) is -4.80. The molecule has 0 rings (SSSR count). The number of esters is 1. The fourth-order valence-electron chi connectivity index (χ4n) is 1.11. The van der Waals surface area contributed by atoms with Crippen LogP contribution >= 0.6 is 0 Å². The van der Waals surface area contributed by atoms with Gasteiger partial charge < -0.3 is 8.92 Å². The molecule has 0 aliphatic rings. The average Bonchev–Trinajstić information content (AvgIpc) is 2.19. The number of ether oxygens (including phenoxy) is 1. The van der Waals surface area contributed by atoms with Crippen molar-refractivity contribution in [1.82, 2.24) is 0 Å². The van der Waals surface area contributed by atoms with Gasteiger partial charge in [-0.1, -0.05) is 13.8 Å². The van der Waals surface area contributed by atoms with Crippen LogP contribution in [0, 0.1) is 5.92 Å². The SMILES string of the molecule is CC(C)CCCOC(=O)CCC(=O)OS(=O)(=O)O.[NaH]. The summed E-state index contributed by atoms with van der Waals surface area (Å²) < 4.78 is 36.9. The first kappa shape index (κ1) is 21.2. The van der Waals surface area contributed by atoms with Crippen molar-refractivity contribution in [3.8, 4) is 0 Å². The predicted molar refractivity (Wildman–Crippen MR) is 69.1 cm³/mol. The molecule has 0 aliphatic carbocycles. The van der Waals surface area contributed by atoms with Crippen LogP contribution in [-0.4, -0.2) is 61.1 Å². The van der Waals surface area contributed by atoms with Crippen molar-refractivity contribution >= 4 is 51.9 Å². The molecule has 108 valence electrons. The predicted octanol–water partition coefficient (Wildman–Crippen LogP) is 0.444. The molecule has 0 amide bonds. The molecular formula is C10H19NaO7S. The van der Waals surface area contributed by atoms with Crippen LogP contribution in [0.1, 0.15) is 39.5 Å². The van der Waals surface area contributed by atoms with Crippen LogP contribution in [0.4, 0.5) is 0 Å². The van der Waals surface area contributed by atoms with E-state index < -0.39 is 28.8 Å². The zero-order chi connectivity index (χ0) is 14.2. The van der Waals surface area contributed by atoms with E-state index in [1.165, 1.54) is 0 Å². The molecular weight excluding hydrogens is 287 g/mol. The Hall–Kier alpha value is -0.150. The van der Waals surface area contributed by atoms with E-state index in [9.17, 15) is 18.0 Å². The minimum atomic E-state index is -4.80. The maximum atomic E-state index is 11.1. The molecule has 0 aliphatic heterocycles. The van der Waals surface area contributed by atoms with Crippen LogP contribution < -0.4 is 0 Å². The topological polar surface area (TPSA) is 107 Å².